The van der Waals surface area contributed by atoms with Gasteiger partial charge in [0.1, 0.15) is 11.0 Å². The van der Waals surface area contributed by atoms with Crippen molar-refractivity contribution in [3.63, 3.8) is 0 Å². The Morgan fingerprint density at radius 1 is 1.19 bits per heavy atom. The summed E-state index contributed by atoms with van der Waals surface area (Å²) in [6, 6.07) is 10.3. The molecule has 1 atom stereocenters. The van der Waals surface area contributed by atoms with Crippen molar-refractivity contribution in [2.24, 2.45) is 0 Å². The Labute approximate surface area is 99.5 Å². The molecule has 1 N–H and O–H groups in total. The van der Waals surface area contributed by atoms with Gasteiger partial charge in [0.05, 0.1) is 12.4 Å². The first-order chi connectivity index (χ1) is 7.75. The molecule has 1 heterocycles. The molecule has 0 aliphatic heterocycles. The number of rotatable bonds is 3. The smallest absolute Gasteiger partial charge is 0.149 e. The van der Waals surface area contributed by atoms with Gasteiger partial charge >= 0.3 is 0 Å². The van der Waals surface area contributed by atoms with Gasteiger partial charge in [-0.2, -0.15) is 0 Å². The minimum Gasteiger partial charge on any atom is -0.362 e. The molecule has 16 heavy (non-hydrogen) atoms. The van der Waals surface area contributed by atoms with Crippen molar-refractivity contribution in [3.05, 3.63) is 53.4 Å². The van der Waals surface area contributed by atoms with E-state index >= 15 is 0 Å². The normalized spacial score (nSPS) is 12.1. The predicted molar refractivity (Wildman–Crippen MR) is 65.5 cm³/mol. The second-order valence-corrected chi connectivity index (χ2v) is 3.89. The number of hydrogen-bond donors (Lipinski definition) is 1. The number of aromatic nitrogens is 2. The van der Waals surface area contributed by atoms with Crippen molar-refractivity contribution in [2.75, 3.05) is 5.32 Å². The predicted octanol–water partition coefficient (Wildman–Crippen LogP) is 3.30. The van der Waals surface area contributed by atoms with Crippen LogP contribution in [0.15, 0.2) is 42.7 Å². The molecule has 2 rings (SSSR count). The second kappa shape index (κ2) is 4.94. The maximum Gasteiger partial charge on any atom is 0.149 e. The van der Waals surface area contributed by atoms with Crippen LogP contribution < -0.4 is 5.32 Å². The molecular weight excluding hydrogens is 222 g/mol. The molecule has 0 saturated heterocycles. The van der Waals surface area contributed by atoms with E-state index in [4.69, 9.17) is 11.6 Å². The summed E-state index contributed by atoms with van der Waals surface area (Å²) in [6.07, 6.45) is 3.17. The van der Waals surface area contributed by atoms with Crippen LogP contribution in [-0.4, -0.2) is 9.97 Å². The molecule has 0 aliphatic rings. The minimum atomic E-state index is 0.175. The fraction of sp³-hybridized carbons (Fsp3) is 0.167. The van der Waals surface area contributed by atoms with E-state index in [1.807, 2.05) is 18.2 Å². The van der Waals surface area contributed by atoms with Crippen molar-refractivity contribution in [1.29, 1.82) is 0 Å². The Morgan fingerprint density at radius 3 is 2.62 bits per heavy atom. The van der Waals surface area contributed by atoms with Crippen LogP contribution in [0.25, 0.3) is 0 Å². The summed E-state index contributed by atoms with van der Waals surface area (Å²) in [7, 11) is 0. The Morgan fingerprint density at radius 2 is 1.94 bits per heavy atom. The number of benzene rings is 1. The molecule has 0 bridgehead atoms. The Balaban J connectivity index is 2.11. The zero-order chi connectivity index (χ0) is 11.4. The van der Waals surface area contributed by atoms with Gasteiger partial charge in [0.2, 0.25) is 0 Å². The van der Waals surface area contributed by atoms with Gasteiger partial charge in [-0.05, 0) is 12.5 Å². The Hall–Kier alpha value is -1.61. The lowest BCUT2D eigenvalue weighted by molar-refractivity contribution is 0.871. The lowest BCUT2D eigenvalue weighted by Crippen LogP contribution is -2.07. The third-order valence-electron chi connectivity index (χ3n) is 2.27. The average Bonchev–Trinajstić information content (AvgIpc) is 2.30. The molecule has 1 aromatic carbocycles. The van der Waals surface area contributed by atoms with Crippen LogP contribution in [-0.2, 0) is 0 Å². The topological polar surface area (TPSA) is 37.8 Å². The van der Waals surface area contributed by atoms with Crippen molar-refractivity contribution in [3.8, 4) is 0 Å². The number of hydrogen-bond acceptors (Lipinski definition) is 3. The molecule has 0 radical (unpaired) electrons. The van der Waals surface area contributed by atoms with Gasteiger partial charge in [-0.3, -0.25) is 4.98 Å². The highest BCUT2D eigenvalue weighted by Gasteiger charge is 2.05. The number of nitrogens with one attached hydrogen (secondary N) is 1. The van der Waals surface area contributed by atoms with Crippen LogP contribution in [0.3, 0.4) is 0 Å². The summed E-state index contributed by atoms with van der Waals surface area (Å²) in [6.45, 7) is 2.07. The lowest BCUT2D eigenvalue weighted by Gasteiger charge is -2.14. The van der Waals surface area contributed by atoms with Crippen LogP contribution in [0.4, 0.5) is 5.82 Å². The fourth-order valence-corrected chi connectivity index (χ4v) is 1.61. The van der Waals surface area contributed by atoms with Crippen molar-refractivity contribution >= 4 is 17.4 Å². The first-order valence-corrected chi connectivity index (χ1v) is 5.42. The van der Waals surface area contributed by atoms with E-state index < -0.39 is 0 Å². The summed E-state index contributed by atoms with van der Waals surface area (Å²) < 4.78 is 0. The van der Waals surface area contributed by atoms with E-state index in [0.29, 0.717) is 11.0 Å². The third-order valence-corrected chi connectivity index (χ3v) is 2.45. The SMILES string of the molecule is CC(Nc1cncc(Cl)n1)c1ccccc1. The quantitative estimate of drug-likeness (QED) is 0.884. The highest BCUT2D eigenvalue weighted by atomic mass is 35.5. The van der Waals surface area contributed by atoms with E-state index in [2.05, 4.69) is 34.3 Å². The summed E-state index contributed by atoms with van der Waals surface area (Å²) in [5, 5.41) is 3.63. The monoisotopic (exact) mass is 233 g/mol. The van der Waals surface area contributed by atoms with Gasteiger partial charge in [-0.15, -0.1) is 0 Å². The molecular formula is C12H12ClN3. The molecule has 1 aromatic heterocycles. The largest absolute Gasteiger partial charge is 0.362 e. The fourth-order valence-electron chi connectivity index (χ4n) is 1.46. The first-order valence-electron chi connectivity index (χ1n) is 5.05. The van der Waals surface area contributed by atoms with E-state index in [1.165, 1.54) is 11.8 Å². The highest BCUT2D eigenvalue weighted by Crippen LogP contribution is 2.17. The first kappa shape index (κ1) is 10.9. The average molecular weight is 234 g/mol. The lowest BCUT2D eigenvalue weighted by atomic mass is 10.1. The molecule has 2 aromatic rings. The van der Waals surface area contributed by atoms with Gasteiger partial charge in [0.25, 0.3) is 0 Å². The van der Waals surface area contributed by atoms with Crippen LogP contribution in [0.1, 0.15) is 18.5 Å². The van der Waals surface area contributed by atoms with Crippen LogP contribution >= 0.6 is 11.6 Å². The molecule has 0 amide bonds. The van der Waals surface area contributed by atoms with E-state index in [0.717, 1.165) is 0 Å². The summed E-state index contributed by atoms with van der Waals surface area (Å²) in [5.41, 5.74) is 1.20. The summed E-state index contributed by atoms with van der Waals surface area (Å²) in [5.74, 6) is 0.684. The van der Waals surface area contributed by atoms with Gasteiger partial charge in [-0.25, -0.2) is 4.98 Å². The van der Waals surface area contributed by atoms with Gasteiger partial charge in [0.15, 0.2) is 0 Å². The van der Waals surface area contributed by atoms with E-state index in [1.54, 1.807) is 6.20 Å². The van der Waals surface area contributed by atoms with Crippen LogP contribution in [0.2, 0.25) is 5.15 Å². The number of nitrogens with zero attached hydrogens (tertiary/aromatic N) is 2. The molecule has 0 spiro atoms. The van der Waals surface area contributed by atoms with Gasteiger partial charge in [0, 0.05) is 6.04 Å². The van der Waals surface area contributed by atoms with Gasteiger partial charge < -0.3 is 5.32 Å². The van der Waals surface area contributed by atoms with Gasteiger partial charge in [-0.1, -0.05) is 41.9 Å². The molecule has 0 aliphatic carbocycles. The maximum absolute atomic E-state index is 5.76. The molecule has 0 saturated carbocycles. The van der Waals surface area contributed by atoms with E-state index in [-0.39, 0.29) is 6.04 Å². The number of halogens is 1. The minimum absolute atomic E-state index is 0.175. The molecule has 4 heteroatoms. The molecule has 0 fully saturated rings. The van der Waals surface area contributed by atoms with Crippen molar-refractivity contribution in [1.82, 2.24) is 9.97 Å². The third kappa shape index (κ3) is 2.70. The van der Waals surface area contributed by atoms with E-state index in [9.17, 15) is 0 Å². The second-order valence-electron chi connectivity index (χ2n) is 3.50. The Bertz CT molecular complexity index is 459. The molecule has 1 unspecified atom stereocenters. The maximum atomic E-state index is 5.76. The standard InChI is InChI=1S/C12H12ClN3/c1-9(10-5-3-2-4-6-10)15-12-8-14-7-11(13)16-12/h2-9H,1H3,(H,15,16). The molecule has 3 nitrogen and oxygen atoms in total. The highest BCUT2D eigenvalue weighted by molar-refractivity contribution is 6.29. The molecule has 82 valence electrons. The van der Waals surface area contributed by atoms with Crippen LogP contribution in [0, 0.1) is 0 Å². The van der Waals surface area contributed by atoms with Crippen molar-refractivity contribution in [2.45, 2.75) is 13.0 Å². The zero-order valence-corrected chi connectivity index (χ0v) is 9.65. The summed E-state index contributed by atoms with van der Waals surface area (Å²) in [4.78, 5) is 8.10. The summed E-state index contributed by atoms with van der Waals surface area (Å²) >= 11 is 5.76. The zero-order valence-electron chi connectivity index (χ0n) is 8.89. The van der Waals surface area contributed by atoms with Crippen molar-refractivity contribution < 1.29 is 0 Å². The Kier molecular flexibility index (Phi) is 3.37. The number of anilines is 1. The van der Waals surface area contributed by atoms with Crippen LogP contribution in [0.5, 0.6) is 0 Å².